The summed E-state index contributed by atoms with van der Waals surface area (Å²) in [6, 6.07) is 12.9. The van der Waals surface area contributed by atoms with Crippen LogP contribution in [0.25, 0.3) is 10.8 Å². The molecule has 0 atom stereocenters. The molecule has 2 N–H and O–H groups in total. The molecule has 6 heteroatoms. The van der Waals surface area contributed by atoms with Gasteiger partial charge < -0.3 is 10.2 Å². The Morgan fingerprint density at radius 1 is 1.00 bits per heavy atom. The third-order valence-corrected chi connectivity index (χ3v) is 3.30. The molecule has 0 fully saturated rings. The zero-order valence-electron chi connectivity index (χ0n) is 11.1. The number of carbonyl (C=O) groups is 1. The predicted octanol–water partition coefficient (Wildman–Crippen LogP) is 4.26. The molecule has 0 saturated heterocycles. The third-order valence-electron chi connectivity index (χ3n) is 3.30. The molecule has 0 amide bonds. The first kappa shape index (κ1) is 14.2. The van der Waals surface area contributed by atoms with Crippen LogP contribution in [0.5, 0.6) is 0 Å². The minimum atomic E-state index is -4.68. The van der Waals surface area contributed by atoms with Gasteiger partial charge in [0.05, 0.1) is 5.56 Å². The van der Waals surface area contributed by atoms with E-state index in [4.69, 9.17) is 5.73 Å². The molecule has 0 spiro atoms. The summed E-state index contributed by atoms with van der Waals surface area (Å²) in [4.78, 5) is 12.3. The molecule has 1 aromatic heterocycles. The Kier molecular flexibility index (Phi) is 3.16. The van der Waals surface area contributed by atoms with Gasteiger partial charge in [0, 0.05) is 11.6 Å². The summed E-state index contributed by atoms with van der Waals surface area (Å²) in [6.07, 6.45) is -4.68. The fraction of sp³-hybridized carbons (Fsp3) is 0.0625. The average Bonchev–Trinajstić information content (AvgIpc) is 2.88. The molecule has 2 aromatic carbocycles. The molecule has 3 rings (SSSR count). The van der Waals surface area contributed by atoms with Gasteiger partial charge in [0.2, 0.25) is 11.6 Å². The van der Waals surface area contributed by atoms with E-state index in [9.17, 15) is 18.0 Å². The van der Waals surface area contributed by atoms with Crippen molar-refractivity contribution in [2.75, 3.05) is 5.73 Å². The van der Waals surface area contributed by atoms with Crippen molar-refractivity contribution in [2.45, 2.75) is 6.18 Å². The van der Waals surface area contributed by atoms with E-state index < -0.39 is 23.6 Å². The highest BCUT2D eigenvalue weighted by Crippen LogP contribution is 2.34. The number of fused-ring (bicyclic) bond motifs is 1. The number of hydrogen-bond acceptors (Lipinski definition) is 3. The molecule has 0 aliphatic carbocycles. The lowest BCUT2D eigenvalue weighted by atomic mass is 10.0. The lowest BCUT2D eigenvalue weighted by Crippen LogP contribution is -2.04. The van der Waals surface area contributed by atoms with Crippen LogP contribution in [0.2, 0.25) is 0 Å². The van der Waals surface area contributed by atoms with Crippen LogP contribution in [0.3, 0.4) is 0 Å². The second-order valence-corrected chi connectivity index (χ2v) is 4.78. The molecule has 0 unspecified atom stereocenters. The summed E-state index contributed by atoms with van der Waals surface area (Å²) in [7, 11) is 0. The topological polar surface area (TPSA) is 56.2 Å². The average molecular weight is 305 g/mol. The van der Waals surface area contributed by atoms with E-state index in [1.54, 1.807) is 18.2 Å². The fourth-order valence-electron chi connectivity index (χ4n) is 2.21. The number of furan rings is 1. The van der Waals surface area contributed by atoms with Gasteiger partial charge in [0.25, 0.3) is 0 Å². The SMILES string of the molecule is Nc1oc(C(F)(F)F)cc1C(=O)c1ccc2ccccc2c1. The lowest BCUT2D eigenvalue weighted by molar-refractivity contribution is -0.152. The van der Waals surface area contributed by atoms with Gasteiger partial charge >= 0.3 is 6.18 Å². The Morgan fingerprint density at radius 2 is 1.68 bits per heavy atom. The van der Waals surface area contributed by atoms with E-state index in [1.807, 2.05) is 24.3 Å². The molecule has 0 saturated carbocycles. The second kappa shape index (κ2) is 4.91. The molecule has 3 nitrogen and oxygen atoms in total. The molecule has 0 aliphatic rings. The number of carbonyl (C=O) groups excluding carboxylic acids is 1. The smallest absolute Gasteiger partial charge is 0.436 e. The van der Waals surface area contributed by atoms with Crippen molar-refractivity contribution in [3.8, 4) is 0 Å². The summed E-state index contributed by atoms with van der Waals surface area (Å²) in [5, 5.41) is 1.74. The molecule has 0 radical (unpaired) electrons. The van der Waals surface area contributed by atoms with Crippen molar-refractivity contribution in [1.29, 1.82) is 0 Å². The van der Waals surface area contributed by atoms with Crippen LogP contribution in [0.1, 0.15) is 21.7 Å². The van der Waals surface area contributed by atoms with Crippen LogP contribution < -0.4 is 5.73 Å². The first-order valence-electron chi connectivity index (χ1n) is 6.36. The highest BCUT2D eigenvalue weighted by atomic mass is 19.4. The van der Waals surface area contributed by atoms with Gasteiger partial charge in [-0.2, -0.15) is 13.2 Å². The van der Waals surface area contributed by atoms with Crippen LogP contribution in [0, 0.1) is 0 Å². The maximum atomic E-state index is 12.6. The number of halogens is 3. The van der Waals surface area contributed by atoms with Gasteiger partial charge in [0.1, 0.15) is 0 Å². The number of hydrogen-bond donors (Lipinski definition) is 1. The zero-order valence-corrected chi connectivity index (χ0v) is 11.1. The van der Waals surface area contributed by atoms with Gasteiger partial charge in [-0.05, 0) is 16.8 Å². The largest absolute Gasteiger partial charge is 0.449 e. The Morgan fingerprint density at radius 3 is 2.32 bits per heavy atom. The highest BCUT2D eigenvalue weighted by Gasteiger charge is 2.37. The standard InChI is InChI=1S/C16H10F3NO2/c17-16(18,19)13-8-12(15(20)22-13)14(21)11-6-5-9-3-1-2-4-10(9)7-11/h1-8H,20H2. The van der Waals surface area contributed by atoms with Crippen LogP contribution in [0.4, 0.5) is 19.1 Å². The minimum absolute atomic E-state index is 0.250. The predicted molar refractivity (Wildman–Crippen MR) is 75.5 cm³/mol. The van der Waals surface area contributed by atoms with Crippen molar-refractivity contribution in [3.05, 3.63) is 65.4 Å². The van der Waals surface area contributed by atoms with Crippen molar-refractivity contribution in [3.63, 3.8) is 0 Å². The Hall–Kier alpha value is -2.76. The molecule has 0 bridgehead atoms. The van der Waals surface area contributed by atoms with Crippen LogP contribution in [-0.4, -0.2) is 5.78 Å². The summed E-state index contributed by atoms with van der Waals surface area (Å²) < 4.78 is 42.2. The first-order valence-corrected chi connectivity index (χ1v) is 6.36. The van der Waals surface area contributed by atoms with E-state index in [2.05, 4.69) is 4.42 Å². The normalized spacial score (nSPS) is 11.8. The monoisotopic (exact) mass is 305 g/mol. The van der Waals surface area contributed by atoms with Crippen molar-refractivity contribution in [2.24, 2.45) is 0 Å². The first-order chi connectivity index (χ1) is 10.4. The Labute approximate surface area is 123 Å². The van der Waals surface area contributed by atoms with E-state index in [0.717, 1.165) is 10.8 Å². The minimum Gasteiger partial charge on any atom is -0.436 e. The summed E-state index contributed by atoms with van der Waals surface area (Å²) in [5.41, 5.74) is 5.36. The number of nitrogens with two attached hydrogens (primary N) is 1. The Bertz CT molecular complexity index is 865. The van der Waals surface area contributed by atoms with E-state index in [-0.39, 0.29) is 11.1 Å². The van der Waals surface area contributed by atoms with Crippen molar-refractivity contribution >= 4 is 22.4 Å². The molecule has 0 aliphatic heterocycles. The molecule has 1 heterocycles. The quantitative estimate of drug-likeness (QED) is 0.719. The van der Waals surface area contributed by atoms with Crippen molar-refractivity contribution in [1.82, 2.24) is 0 Å². The van der Waals surface area contributed by atoms with E-state index in [0.29, 0.717) is 6.07 Å². The number of benzene rings is 2. The third kappa shape index (κ3) is 2.43. The zero-order chi connectivity index (χ0) is 15.9. The molecule has 22 heavy (non-hydrogen) atoms. The van der Waals surface area contributed by atoms with Gasteiger partial charge in [-0.15, -0.1) is 0 Å². The Balaban J connectivity index is 2.04. The van der Waals surface area contributed by atoms with Crippen LogP contribution >= 0.6 is 0 Å². The highest BCUT2D eigenvalue weighted by molar-refractivity contribution is 6.13. The lowest BCUT2D eigenvalue weighted by Gasteiger charge is -2.02. The fourth-order valence-corrected chi connectivity index (χ4v) is 2.21. The van der Waals surface area contributed by atoms with E-state index >= 15 is 0 Å². The summed E-state index contributed by atoms with van der Waals surface area (Å²) >= 11 is 0. The second-order valence-electron chi connectivity index (χ2n) is 4.78. The van der Waals surface area contributed by atoms with Crippen molar-refractivity contribution < 1.29 is 22.4 Å². The molecular formula is C16H10F3NO2. The number of nitrogen functional groups attached to an aromatic ring is 1. The molecule has 3 aromatic rings. The molecule has 112 valence electrons. The van der Waals surface area contributed by atoms with Gasteiger partial charge in [0.15, 0.2) is 5.78 Å². The number of ketones is 1. The van der Waals surface area contributed by atoms with Gasteiger partial charge in [-0.1, -0.05) is 36.4 Å². The summed E-state index contributed by atoms with van der Waals surface area (Å²) in [6.45, 7) is 0. The number of rotatable bonds is 2. The van der Waals surface area contributed by atoms with Crippen LogP contribution in [0.15, 0.2) is 52.9 Å². The van der Waals surface area contributed by atoms with Gasteiger partial charge in [-0.3, -0.25) is 4.79 Å². The maximum absolute atomic E-state index is 12.6. The number of anilines is 1. The number of alkyl halides is 3. The maximum Gasteiger partial charge on any atom is 0.449 e. The van der Waals surface area contributed by atoms with Gasteiger partial charge in [-0.25, -0.2) is 0 Å². The van der Waals surface area contributed by atoms with Crippen LogP contribution in [-0.2, 0) is 6.18 Å². The van der Waals surface area contributed by atoms with E-state index in [1.165, 1.54) is 0 Å². The summed E-state index contributed by atoms with van der Waals surface area (Å²) in [5.74, 6) is -2.43. The molecular weight excluding hydrogens is 295 g/mol.